The van der Waals surface area contributed by atoms with Crippen molar-refractivity contribution >= 4 is 17.4 Å². The second kappa shape index (κ2) is 7.99. The first-order valence-electron chi connectivity index (χ1n) is 8.27. The van der Waals surface area contributed by atoms with Crippen molar-refractivity contribution < 1.29 is 0 Å². The number of nitriles is 1. The molecule has 0 radical (unpaired) electrons. The predicted molar refractivity (Wildman–Crippen MR) is 96.8 cm³/mol. The molecule has 1 fully saturated rings. The van der Waals surface area contributed by atoms with Gasteiger partial charge in [-0.15, -0.1) is 0 Å². The zero-order valence-corrected chi connectivity index (χ0v) is 14.1. The molecule has 118 valence electrons. The van der Waals surface area contributed by atoms with Crippen LogP contribution in [0.25, 0.3) is 6.08 Å². The van der Waals surface area contributed by atoms with Gasteiger partial charge in [0.1, 0.15) is 0 Å². The van der Waals surface area contributed by atoms with Gasteiger partial charge >= 0.3 is 0 Å². The Balaban J connectivity index is 1.67. The fourth-order valence-corrected chi connectivity index (χ4v) is 3.52. The maximum atomic E-state index is 9.60. The van der Waals surface area contributed by atoms with Crippen LogP contribution < -0.4 is 0 Å². The Morgan fingerprint density at radius 2 is 2.09 bits per heavy atom. The molecule has 1 saturated carbocycles. The lowest BCUT2D eigenvalue weighted by atomic mass is 10.0. The van der Waals surface area contributed by atoms with Crippen molar-refractivity contribution in [2.24, 2.45) is 5.92 Å². The predicted octanol–water partition coefficient (Wildman–Crippen LogP) is 5.48. The zero-order chi connectivity index (χ0) is 15.9. The lowest BCUT2D eigenvalue weighted by Crippen LogP contribution is -2.25. The normalized spacial score (nSPS) is 15.4. The summed E-state index contributed by atoms with van der Waals surface area (Å²) in [6.45, 7) is 0.876. The van der Waals surface area contributed by atoms with Gasteiger partial charge in [0.2, 0.25) is 0 Å². The summed E-state index contributed by atoms with van der Waals surface area (Å²) in [6.07, 6.45) is 11.5. The summed E-state index contributed by atoms with van der Waals surface area (Å²) in [4.78, 5) is 1.97. The number of nitrogens with zero attached hydrogens (tertiary/aromatic N) is 2. The highest BCUT2D eigenvalue weighted by molar-refractivity contribution is 7.07. The lowest BCUT2D eigenvalue weighted by Gasteiger charge is -2.25. The second-order valence-electron chi connectivity index (χ2n) is 6.15. The molecule has 2 aromatic rings. The van der Waals surface area contributed by atoms with E-state index in [1.807, 2.05) is 23.1 Å². The molecule has 1 aliphatic rings. The number of hydrogen-bond donors (Lipinski definition) is 0. The van der Waals surface area contributed by atoms with Gasteiger partial charge in [-0.25, -0.2) is 0 Å². The minimum absolute atomic E-state index is 0.157. The van der Waals surface area contributed by atoms with E-state index in [1.54, 1.807) is 11.3 Å². The number of benzene rings is 1. The smallest absolute Gasteiger partial charge is 0.179 e. The summed E-state index contributed by atoms with van der Waals surface area (Å²) < 4.78 is 0. The van der Waals surface area contributed by atoms with E-state index in [0.29, 0.717) is 0 Å². The highest BCUT2D eigenvalue weighted by Gasteiger charge is 2.24. The van der Waals surface area contributed by atoms with Crippen LogP contribution in [0.15, 0.2) is 53.2 Å². The van der Waals surface area contributed by atoms with Crippen molar-refractivity contribution in [2.75, 3.05) is 6.54 Å². The van der Waals surface area contributed by atoms with Gasteiger partial charge in [0.05, 0.1) is 6.04 Å². The van der Waals surface area contributed by atoms with E-state index in [0.717, 1.165) is 25.3 Å². The molecule has 1 heterocycles. The van der Waals surface area contributed by atoms with Gasteiger partial charge in [0, 0.05) is 6.54 Å². The van der Waals surface area contributed by atoms with Gasteiger partial charge in [-0.1, -0.05) is 55.3 Å². The molecule has 3 rings (SSSR count). The number of hydrogen-bond acceptors (Lipinski definition) is 3. The maximum absolute atomic E-state index is 9.60. The van der Waals surface area contributed by atoms with Crippen LogP contribution in [0.3, 0.4) is 0 Å². The molecule has 1 atom stereocenters. The summed E-state index contributed by atoms with van der Waals surface area (Å²) in [5.74, 6) is 0.855. The van der Waals surface area contributed by atoms with Crippen molar-refractivity contribution in [3.05, 3.63) is 64.4 Å². The number of thiophene rings is 1. The van der Waals surface area contributed by atoms with Crippen LogP contribution in [0.5, 0.6) is 0 Å². The summed E-state index contributed by atoms with van der Waals surface area (Å²) in [7, 11) is 0. The second-order valence-corrected chi connectivity index (χ2v) is 6.93. The van der Waals surface area contributed by atoms with Crippen LogP contribution in [0, 0.1) is 17.4 Å². The highest BCUT2D eigenvalue weighted by atomic mass is 32.1. The molecule has 0 spiro atoms. The molecule has 23 heavy (non-hydrogen) atoms. The van der Waals surface area contributed by atoms with Crippen molar-refractivity contribution in [3.63, 3.8) is 0 Å². The molecule has 0 saturated heterocycles. The first-order chi connectivity index (χ1) is 11.4. The Kier molecular flexibility index (Phi) is 5.50. The van der Waals surface area contributed by atoms with Gasteiger partial charge in [0.15, 0.2) is 6.19 Å². The largest absolute Gasteiger partial charge is 0.303 e. The third kappa shape index (κ3) is 4.71. The molecule has 1 aliphatic carbocycles. The molecule has 0 bridgehead atoms. The lowest BCUT2D eigenvalue weighted by molar-refractivity contribution is 0.286. The minimum Gasteiger partial charge on any atom is -0.303 e. The third-order valence-corrected chi connectivity index (χ3v) is 5.08. The molecule has 0 N–H and O–H groups in total. The third-order valence-electron chi connectivity index (χ3n) is 4.38. The van der Waals surface area contributed by atoms with Gasteiger partial charge < -0.3 is 4.90 Å². The van der Waals surface area contributed by atoms with E-state index in [-0.39, 0.29) is 6.04 Å². The monoisotopic (exact) mass is 322 g/mol. The van der Waals surface area contributed by atoms with Crippen LogP contribution in [-0.2, 0) is 0 Å². The molecule has 1 aromatic carbocycles. The number of rotatable bonds is 8. The molecular weight excluding hydrogens is 300 g/mol. The highest BCUT2D eigenvalue weighted by Crippen LogP contribution is 2.34. The molecule has 3 heteroatoms. The summed E-state index contributed by atoms with van der Waals surface area (Å²) >= 11 is 1.70. The van der Waals surface area contributed by atoms with E-state index in [4.69, 9.17) is 0 Å². The molecule has 0 amide bonds. The Bertz CT molecular complexity index is 651. The summed E-state index contributed by atoms with van der Waals surface area (Å²) in [5.41, 5.74) is 2.46. The topological polar surface area (TPSA) is 27.0 Å². The van der Waals surface area contributed by atoms with Crippen LogP contribution >= 0.6 is 11.3 Å². The van der Waals surface area contributed by atoms with Crippen molar-refractivity contribution in [3.8, 4) is 6.19 Å². The van der Waals surface area contributed by atoms with Crippen LogP contribution in [0.1, 0.15) is 42.9 Å². The quantitative estimate of drug-likeness (QED) is 0.475. The van der Waals surface area contributed by atoms with Gasteiger partial charge in [0.25, 0.3) is 0 Å². The minimum atomic E-state index is 0.157. The van der Waals surface area contributed by atoms with Gasteiger partial charge in [-0.05, 0) is 46.7 Å². The van der Waals surface area contributed by atoms with Crippen molar-refractivity contribution in [2.45, 2.75) is 31.7 Å². The van der Waals surface area contributed by atoms with Crippen molar-refractivity contribution in [1.29, 1.82) is 5.26 Å². The van der Waals surface area contributed by atoms with E-state index in [9.17, 15) is 5.26 Å². The van der Waals surface area contributed by atoms with E-state index < -0.39 is 0 Å². The Morgan fingerprint density at radius 1 is 1.26 bits per heavy atom. The summed E-state index contributed by atoms with van der Waals surface area (Å²) in [5, 5.41) is 13.9. The van der Waals surface area contributed by atoms with Crippen LogP contribution in [0.4, 0.5) is 0 Å². The average Bonchev–Trinajstić information content (AvgIpc) is 3.26. The maximum Gasteiger partial charge on any atom is 0.179 e. The SMILES string of the molecule is N#CN(CCC1CC1)C(C/C=C/c1ccccc1)c1ccsc1. The van der Waals surface area contributed by atoms with E-state index in [2.05, 4.69) is 47.3 Å². The zero-order valence-electron chi connectivity index (χ0n) is 13.3. The molecule has 0 aliphatic heterocycles. The van der Waals surface area contributed by atoms with E-state index in [1.165, 1.54) is 24.0 Å². The average molecular weight is 322 g/mol. The first-order valence-corrected chi connectivity index (χ1v) is 9.21. The standard InChI is InChI=1S/C20H22N2S/c21-16-22(13-11-18-9-10-18)20(19-12-14-23-15-19)8-4-7-17-5-2-1-3-6-17/h1-7,12,14-15,18,20H,8-11,13H2/b7-4+. The van der Waals surface area contributed by atoms with Gasteiger partial charge in [-0.3, -0.25) is 0 Å². The van der Waals surface area contributed by atoms with Crippen molar-refractivity contribution in [1.82, 2.24) is 4.90 Å². The van der Waals surface area contributed by atoms with Gasteiger partial charge in [-0.2, -0.15) is 16.6 Å². The van der Waals surface area contributed by atoms with E-state index >= 15 is 0 Å². The fraction of sp³-hybridized carbons (Fsp3) is 0.350. The molecule has 2 nitrogen and oxygen atoms in total. The van der Waals surface area contributed by atoms with Crippen LogP contribution in [0.2, 0.25) is 0 Å². The molecular formula is C20H22N2S. The Labute approximate surface area is 142 Å². The molecule has 1 unspecified atom stereocenters. The Hall–Kier alpha value is -2.05. The molecule has 1 aromatic heterocycles. The van der Waals surface area contributed by atoms with Crippen LogP contribution in [-0.4, -0.2) is 11.4 Å². The summed E-state index contributed by atoms with van der Waals surface area (Å²) in [6, 6.07) is 12.6. The first kappa shape index (κ1) is 15.8. The Morgan fingerprint density at radius 3 is 2.74 bits per heavy atom. The fourth-order valence-electron chi connectivity index (χ4n) is 2.81.